The van der Waals surface area contributed by atoms with Gasteiger partial charge in [-0.1, -0.05) is 37.3 Å². The van der Waals surface area contributed by atoms with Gasteiger partial charge >= 0.3 is 0 Å². The van der Waals surface area contributed by atoms with Crippen molar-refractivity contribution in [1.29, 1.82) is 0 Å². The molecule has 1 N–H and O–H groups in total. The van der Waals surface area contributed by atoms with E-state index in [1.54, 1.807) is 11.3 Å². The molecule has 1 atom stereocenters. The van der Waals surface area contributed by atoms with Crippen LogP contribution < -0.4 is 5.32 Å². The van der Waals surface area contributed by atoms with Gasteiger partial charge in [0, 0.05) is 36.8 Å². The Balaban J connectivity index is 1.50. The van der Waals surface area contributed by atoms with Gasteiger partial charge in [0.25, 0.3) is 0 Å². The van der Waals surface area contributed by atoms with Gasteiger partial charge < -0.3 is 10.2 Å². The molecule has 1 aliphatic rings. The second kappa shape index (κ2) is 8.59. The average molecular weight is 358 g/mol. The fourth-order valence-electron chi connectivity index (χ4n) is 3.49. The number of nitrogens with zero attached hydrogens (tertiary/aromatic N) is 2. The highest BCUT2D eigenvalue weighted by Crippen LogP contribution is 2.24. The summed E-state index contributed by atoms with van der Waals surface area (Å²) in [5, 5.41) is 4.73. The average Bonchev–Trinajstić information content (AvgIpc) is 3.07. The number of likely N-dealkylation sites (tertiary alicyclic amines) is 1. The Morgan fingerprint density at radius 1 is 1.32 bits per heavy atom. The van der Waals surface area contributed by atoms with E-state index in [4.69, 9.17) is 0 Å². The quantitative estimate of drug-likeness (QED) is 0.857. The number of aryl methyl sites for hydroxylation is 1. The number of carbonyl (C=O) groups is 1. The molecule has 1 amide bonds. The van der Waals surface area contributed by atoms with Crippen molar-refractivity contribution in [1.82, 2.24) is 15.2 Å². The highest BCUT2D eigenvalue weighted by atomic mass is 32.1. The van der Waals surface area contributed by atoms with E-state index in [0.717, 1.165) is 49.5 Å². The van der Waals surface area contributed by atoms with E-state index in [-0.39, 0.29) is 11.8 Å². The summed E-state index contributed by atoms with van der Waals surface area (Å²) in [5.74, 6) is 0.274. The van der Waals surface area contributed by atoms with Crippen molar-refractivity contribution in [3.05, 3.63) is 52.0 Å². The minimum Gasteiger partial charge on any atom is -0.342 e. The maximum absolute atomic E-state index is 12.9. The first kappa shape index (κ1) is 18.1. The van der Waals surface area contributed by atoms with Crippen LogP contribution >= 0.6 is 11.3 Å². The molecule has 1 saturated heterocycles. The van der Waals surface area contributed by atoms with Crippen LogP contribution in [0.4, 0.5) is 0 Å². The lowest BCUT2D eigenvalue weighted by molar-refractivity contribution is -0.134. The fourth-order valence-corrected chi connectivity index (χ4v) is 4.24. The van der Waals surface area contributed by atoms with E-state index in [1.165, 1.54) is 4.88 Å². The van der Waals surface area contributed by atoms with Gasteiger partial charge in [0.1, 0.15) is 0 Å². The van der Waals surface area contributed by atoms with E-state index >= 15 is 0 Å². The second-order valence-corrected chi connectivity index (χ2v) is 8.02. The standard InChI is InChI=1S/C20H27N3OS/c1-3-19(16-7-5-4-6-8-16)20(24)23-11-9-17(10-12-23)22-14-18-13-21-15(2)25-18/h4-8,13,17,19,22H,3,9-12,14H2,1-2H3. The molecule has 5 heteroatoms. The summed E-state index contributed by atoms with van der Waals surface area (Å²) in [5.41, 5.74) is 1.14. The number of hydrogen-bond donors (Lipinski definition) is 1. The Kier molecular flexibility index (Phi) is 6.21. The third-order valence-electron chi connectivity index (χ3n) is 4.95. The molecule has 1 fully saturated rings. The predicted molar refractivity (Wildman–Crippen MR) is 103 cm³/mol. The monoisotopic (exact) mass is 357 g/mol. The summed E-state index contributed by atoms with van der Waals surface area (Å²) in [4.78, 5) is 20.6. The van der Waals surface area contributed by atoms with E-state index in [2.05, 4.69) is 34.3 Å². The van der Waals surface area contributed by atoms with Crippen molar-refractivity contribution in [3.63, 3.8) is 0 Å². The maximum atomic E-state index is 12.9. The summed E-state index contributed by atoms with van der Waals surface area (Å²) < 4.78 is 0. The van der Waals surface area contributed by atoms with Crippen LogP contribution in [-0.2, 0) is 11.3 Å². The molecule has 4 nitrogen and oxygen atoms in total. The Labute approximate surface area is 154 Å². The summed E-state index contributed by atoms with van der Waals surface area (Å²) in [6.07, 6.45) is 4.85. The van der Waals surface area contributed by atoms with Gasteiger partial charge in [-0.25, -0.2) is 4.98 Å². The van der Waals surface area contributed by atoms with Crippen LogP contribution in [0, 0.1) is 6.92 Å². The number of piperidine rings is 1. The van der Waals surface area contributed by atoms with Gasteiger partial charge in [-0.2, -0.15) is 0 Å². The molecule has 0 radical (unpaired) electrons. The molecule has 0 aliphatic carbocycles. The largest absolute Gasteiger partial charge is 0.342 e. The van der Waals surface area contributed by atoms with Crippen molar-refractivity contribution in [2.75, 3.05) is 13.1 Å². The third-order valence-corrected chi connectivity index (χ3v) is 5.86. The smallest absolute Gasteiger partial charge is 0.230 e. The van der Waals surface area contributed by atoms with E-state index in [0.29, 0.717) is 6.04 Å². The molecule has 0 bridgehead atoms. The first-order valence-corrected chi connectivity index (χ1v) is 9.97. The van der Waals surface area contributed by atoms with Crippen molar-refractivity contribution in [3.8, 4) is 0 Å². The lowest BCUT2D eigenvalue weighted by Gasteiger charge is -2.34. The Morgan fingerprint density at radius 2 is 2.04 bits per heavy atom. The van der Waals surface area contributed by atoms with E-state index < -0.39 is 0 Å². The van der Waals surface area contributed by atoms with Crippen molar-refractivity contribution >= 4 is 17.2 Å². The summed E-state index contributed by atoms with van der Waals surface area (Å²) in [6.45, 7) is 6.71. The molecule has 3 rings (SSSR count). The fraction of sp³-hybridized carbons (Fsp3) is 0.500. The summed E-state index contributed by atoms with van der Waals surface area (Å²) in [6, 6.07) is 10.7. The van der Waals surface area contributed by atoms with Gasteiger partial charge in [0.05, 0.1) is 10.9 Å². The topological polar surface area (TPSA) is 45.2 Å². The van der Waals surface area contributed by atoms with Crippen LogP contribution in [0.15, 0.2) is 36.5 Å². The van der Waals surface area contributed by atoms with Gasteiger partial charge in [-0.05, 0) is 31.7 Å². The molecule has 2 aromatic rings. The number of rotatable bonds is 6. The zero-order valence-corrected chi connectivity index (χ0v) is 15.9. The van der Waals surface area contributed by atoms with Gasteiger partial charge in [-0.3, -0.25) is 4.79 Å². The van der Waals surface area contributed by atoms with Crippen LogP contribution in [0.2, 0.25) is 0 Å². The SMILES string of the molecule is CCC(C(=O)N1CCC(NCc2cnc(C)s2)CC1)c1ccccc1. The van der Waals surface area contributed by atoms with Crippen LogP contribution in [0.5, 0.6) is 0 Å². The second-order valence-electron chi connectivity index (χ2n) is 6.70. The molecular weight excluding hydrogens is 330 g/mol. The molecule has 1 aromatic heterocycles. The number of carbonyl (C=O) groups excluding carboxylic acids is 1. The normalized spacial score (nSPS) is 16.8. The van der Waals surface area contributed by atoms with Crippen LogP contribution in [0.3, 0.4) is 0 Å². The molecule has 1 aliphatic heterocycles. The third kappa shape index (κ3) is 4.67. The van der Waals surface area contributed by atoms with Gasteiger partial charge in [0.15, 0.2) is 0 Å². The van der Waals surface area contributed by atoms with Crippen molar-refractivity contribution in [2.45, 2.75) is 51.6 Å². The Hall–Kier alpha value is -1.72. The highest BCUT2D eigenvalue weighted by molar-refractivity contribution is 7.11. The number of benzene rings is 1. The van der Waals surface area contributed by atoms with Gasteiger partial charge in [0.2, 0.25) is 5.91 Å². The maximum Gasteiger partial charge on any atom is 0.230 e. The number of aromatic nitrogens is 1. The first-order chi connectivity index (χ1) is 12.2. The molecule has 25 heavy (non-hydrogen) atoms. The van der Waals surface area contributed by atoms with Crippen LogP contribution in [-0.4, -0.2) is 34.9 Å². The lowest BCUT2D eigenvalue weighted by Crippen LogP contribution is -2.46. The Morgan fingerprint density at radius 3 is 2.64 bits per heavy atom. The lowest BCUT2D eigenvalue weighted by atomic mass is 9.93. The molecule has 2 heterocycles. The van der Waals surface area contributed by atoms with E-state index in [1.807, 2.05) is 31.3 Å². The van der Waals surface area contributed by atoms with Crippen molar-refractivity contribution < 1.29 is 4.79 Å². The van der Waals surface area contributed by atoms with Gasteiger partial charge in [-0.15, -0.1) is 11.3 Å². The van der Waals surface area contributed by atoms with Crippen molar-refractivity contribution in [2.24, 2.45) is 0 Å². The molecule has 0 spiro atoms. The highest BCUT2D eigenvalue weighted by Gasteiger charge is 2.28. The number of amides is 1. The minimum atomic E-state index is -0.00845. The van der Waals surface area contributed by atoms with Crippen LogP contribution in [0.25, 0.3) is 0 Å². The summed E-state index contributed by atoms with van der Waals surface area (Å²) >= 11 is 1.75. The predicted octanol–water partition coefficient (Wildman–Crippen LogP) is 3.73. The summed E-state index contributed by atoms with van der Waals surface area (Å²) in [7, 11) is 0. The zero-order valence-electron chi connectivity index (χ0n) is 15.1. The number of hydrogen-bond acceptors (Lipinski definition) is 4. The zero-order chi connectivity index (χ0) is 17.6. The Bertz CT molecular complexity index is 677. The number of thiazole rings is 1. The van der Waals surface area contributed by atoms with Crippen LogP contribution in [0.1, 0.15) is 47.6 Å². The molecule has 134 valence electrons. The molecule has 0 saturated carbocycles. The molecule has 1 unspecified atom stereocenters. The molecular formula is C20H27N3OS. The molecule has 1 aromatic carbocycles. The van der Waals surface area contributed by atoms with E-state index in [9.17, 15) is 4.79 Å². The first-order valence-electron chi connectivity index (χ1n) is 9.15. The minimum absolute atomic E-state index is 0.00845. The number of nitrogens with one attached hydrogen (secondary N) is 1.